The second-order valence-electron chi connectivity index (χ2n) is 6.89. The number of carbonyl (C=O) groups excluding carboxylic acids is 1. The van der Waals surface area contributed by atoms with Gasteiger partial charge in [0.05, 0.1) is 11.5 Å². The van der Waals surface area contributed by atoms with Crippen LogP contribution >= 0.6 is 0 Å². The Balaban J connectivity index is 1.65. The lowest BCUT2D eigenvalue weighted by atomic mass is 9.98. The number of hydrogen-bond donors (Lipinski definition) is 2. The molecule has 27 heavy (non-hydrogen) atoms. The molecule has 0 radical (unpaired) electrons. The Hall–Kier alpha value is -1.68. The summed E-state index contributed by atoms with van der Waals surface area (Å²) < 4.78 is 40.7. The van der Waals surface area contributed by atoms with E-state index in [2.05, 4.69) is 0 Å². The van der Waals surface area contributed by atoms with Crippen LogP contribution in [0.5, 0.6) is 5.75 Å². The fourth-order valence-electron chi connectivity index (χ4n) is 3.11. The minimum Gasteiger partial charge on any atom is -0.491 e. The van der Waals surface area contributed by atoms with Crippen molar-refractivity contribution in [3.8, 4) is 5.75 Å². The van der Waals surface area contributed by atoms with Crippen molar-refractivity contribution >= 4 is 15.7 Å². The molecule has 0 spiro atoms. The van der Waals surface area contributed by atoms with Crippen LogP contribution < -0.4 is 10.2 Å². The molecule has 1 heterocycles. The molecule has 0 bridgehead atoms. The van der Waals surface area contributed by atoms with E-state index in [1.807, 2.05) is 0 Å². The molecule has 1 saturated heterocycles. The summed E-state index contributed by atoms with van der Waals surface area (Å²) in [6.07, 6.45) is 2.44. The van der Waals surface area contributed by atoms with E-state index in [1.54, 1.807) is 12.1 Å². The maximum atomic E-state index is 13.1. The number of nitrogens with one attached hydrogen (secondary N) is 1. The number of hydrogen-bond acceptors (Lipinski definition) is 7. The van der Waals surface area contributed by atoms with Gasteiger partial charge in [0.1, 0.15) is 12.4 Å². The van der Waals surface area contributed by atoms with E-state index >= 15 is 0 Å². The Labute approximate surface area is 158 Å². The summed E-state index contributed by atoms with van der Waals surface area (Å²) in [4.78, 5) is 12.2. The van der Waals surface area contributed by atoms with Gasteiger partial charge < -0.3 is 14.2 Å². The van der Waals surface area contributed by atoms with E-state index in [0.717, 1.165) is 6.61 Å². The quantitative estimate of drug-likeness (QED) is 0.366. The highest BCUT2D eigenvalue weighted by atomic mass is 32.2. The summed E-state index contributed by atoms with van der Waals surface area (Å²) in [5, 5.41) is 9.05. The molecule has 8 nitrogen and oxygen atoms in total. The zero-order valence-corrected chi connectivity index (χ0v) is 15.9. The predicted octanol–water partition coefficient (Wildman–Crippen LogP) is 1.32. The van der Waals surface area contributed by atoms with Gasteiger partial charge in [0.15, 0.2) is 14.6 Å². The molecule has 0 unspecified atom stereocenters. The Morgan fingerprint density at radius 1 is 1.19 bits per heavy atom. The maximum Gasteiger partial charge on any atom is 0.265 e. The Bertz CT molecular complexity index is 737. The lowest BCUT2D eigenvalue weighted by molar-refractivity contribution is -0.134. The monoisotopic (exact) mass is 399 g/mol. The minimum absolute atomic E-state index is 0.00494. The fraction of sp³-hybridized carbons (Fsp3) is 0.611. The number of benzene rings is 1. The average Bonchev–Trinajstić information content (AvgIpc) is 3.52. The van der Waals surface area contributed by atoms with Crippen molar-refractivity contribution in [1.29, 1.82) is 0 Å². The van der Waals surface area contributed by atoms with E-state index in [1.165, 1.54) is 30.5 Å². The third-order valence-corrected chi connectivity index (χ3v) is 7.53. The first-order valence-corrected chi connectivity index (χ1v) is 10.6. The van der Waals surface area contributed by atoms with Crippen molar-refractivity contribution in [2.75, 3.05) is 33.0 Å². The molecule has 0 aromatic heterocycles. The number of ether oxygens (including phenoxy) is 3. The number of hydroxylamine groups is 1. The lowest BCUT2D eigenvalue weighted by Crippen LogP contribution is -2.54. The smallest absolute Gasteiger partial charge is 0.265 e. The summed E-state index contributed by atoms with van der Waals surface area (Å²) in [6, 6.07) is 5.93. The summed E-state index contributed by atoms with van der Waals surface area (Å²) in [5.41, 5.74) is 1.50. The van der Waals surface area contributed by atoms with E-state index in [4.69, 9.17) is 19.4 Å². The minimum atomic E-state index is -4.02. The van der Waals surface area contributed by atoms with E-state index in [0.29, 0.717) is 24.9 Å². The molecule has 0 atom stereocenters. The van der Waals surface area contributed by atoms with Crippen LogP contribution in [0.25, 0.3) is 0 Å². The molecular weight excluding hydrogens is 374 g/mol. The third kappa shape index (κ3) is 4.43. The average molecular weight is 399 g/mol. The molecule has 1 amide bonds. The van der Waals surface area contributed by atoms with Crippen LogP contribution in [0.3, 0.4) is 0 Å². The van der Waals surface area contributed by atoms with Crippen molar-refractivity contribution in [1.82, 2.24) is 5.48 Å². The highest BCUT2D eigenvalue weighted by molar-refractivity contribution is 7.93. The van der Waals surface area contributed by atoms with Crippen molar-refractivity contribution in [3.05, 3.63) is 24.3 Å². The Morgan fingerprint density at radius 2 is 1.85 bits per heavy atom. The highest BCUT2D eigenvalue weighted by Crippen LogP contribution is 2.35. The first-order valence-electron chi connectivity index (χ1n) is 9.07. The first-order chi connectivity index (χ1) is 13.0. The second kappa shape index (κ2) is 8.55. The lowest BCUT2D eigenvalue weighted by Gasteiger charge is -2.34. The van der Waals surface area contributed by atoms with E-state index in [9.17, 15) is 13.2 Å². The molecule has 1 aromatic rings. The Kier molecular flexibility index (Phi) is 6.36. The van der Waals surface area contributed by atoms with Gasteiger partial charge in [-0.2, -0.15) is 0 Å². The van der Waals surface area contributed by atoms with E-state index in [-0.39, 0.29) is 31.0 Å². The fourth-order valence-corrected chi connectivity index (χ4v) is 5.05. The van der Waals surface area contributed by atoms with Gasteiger partial charge >= 0.3 is 0 Å². The van der Waals surface area contributed by atoms with Gasteiger partial charge in [-0.15, -0.1) is 0 Å². The summed E-state index contributed by atoms with van der Waals surface area (Å²) in [5.74, 6) is 0.290. The number of rotatable bonds is 9. The van der Waals surface area contributed by atoms with Crippen LogP contribution in [0.15, 0.2) is 29.2 Å². The topological polar surface area (TPSA) is 111 Å². The molecule has 2 aliphatic rings. The third-order valence-electron chi connectivity index (χ3n) is 5.01. The zero-order chi connectivity index (χ0) is 19.3. The largest absolute Gasteiger partial charge is 0.491 e. The molecule has 2 N–H and O–H groups in total. The Morgan fingerprint density at radius 3 is 2.44 bits per heavy atom. The molecule has 1 aliphatic carbocycles. The number of carbonyl (C=O) groups is 1. The van der Waals surface area contributed by atoms with Crippen LogP contribution in [0, 0.1) is 5.92 Å². The first kappa shape index (κ1) is 20.1. The van der Waals surface area contributed by atoms with Gasteiger partial charge in [0.25, 0.3) is 5.91 Å². The molecule has 1 saturated carbocycles. The molecule has 2 fully saturated rings. The number of amides is 1. The SMILES string of the molecule is O=C(NO)C1(S(=O)(=O)c2ccc(OCCOCC3CC3)cc2)CCOCC1. The predicted molar refractivity (Wildman–Crippen MR) is 95.4 cm³/mol. The van der Waals surface area contributed by atoms with Crippen LogP contribution in [0.4, 0.5) is 0 Å². The van der Waals surface area contributed by atoms with Gasteiger partial charge in [0.2, 0.25) is 0 Å². The zero-order valence-electron chi connectivity index (χ0n) is 15.1. The van der Waals surface area contributed by atoms with Gasteiger partial charge in [-0.05, 0) is 55.9 Å². The van der Waals surface area contributed by atoms with Crippen molar-refractivity contribution in [2.24, 2.45) is 5.92 Å². The van der Waals surface area contributed by atoms with Gasteiger partial charge in [-0.25, -0.2) is 13.9 Å². The van der Waals surface area contributed by atoms with E-state index < -0.39 is 20.5 Å². The van der Waals surface area contributed by atoms with Crippen molar-refractivity contribution < 1.29 is 32.6 Å². The summed E-state index contributed by atoms with van der Waals surface area (Å²) in [6.45, 7) is 1.89. The number of sulfone groups is 1. The van der Waals surface area contributed by atoms with Crippen LogP contribution in [-0.4, -0.2) is 57.3 Å². The van der Waals surface area contributed by atoms with Gasteiger partial charge in [-0.3, -0.25) is 10.0 Å². The van der Waals surface area contributed by atoms with Crippen LogP contribution in [-0.2, 0) is 24.1 Å². The van der Waals surface area contributed by atoms with Crippen molar-refractivity contribution in [3.63, 3.8) is 0 Å². The highest BCUT2D eigenvalue weighted by Gasteiger charge is 2.52. The molecule has 150 valence electrons. The second-order valence-corrected chi connectivity index (χ2v) is 9.15. The summed E-state index contributed by atoms with van der Waals surface area (Å²) >= 11 is 0. The molecule has 3 rings (SSSR count). The molecular formula is C18H25NO7S. The molecule has 1 aliphatic heterocycles. The molecule has 1 aromatic carbocycles. The molecule has 9 heteroatoms. The van der Waals surface area contributed by atoms with Crippen LogP contribution in [0.1, 0.15) is 25.7 Å². The van der Waals surface area contributed by atoms with Gasteiger partial charge in [0, 0.05) is 19.8 Å². The standard InChI is InChI=1S/C18H25NO7S/c20-17(19-21)18(7-9-24-10-8-18)27(22,23)16-5-3-15(4-6-16)26-12-11-25-13-14-1-2-14/h3-6,14,21H,1-2,7-13H2,(H,19,20). The summed E-state index contributed by atoms with van der Waals surface area (Å²) in [7, 11) is -4.02. The maximum absolute atomic E-state index is 13.1. The normalized spacial score (nSPS) is 19.4. The van der Waals surface area contributed by atoms with Crippen molar-refractivity contribution in [2.45, 2.75) is 35.3 Å². The van der Waals surface area contributed by atoms with Gasteiger partial charge in [-0.1, -0.05) is 0 Å². The van der Waals surface area contributed by atoms with Crippen LogP contribution in [0.2, 0.25) is 0 Å².